The number of hydrogen-bond donors (Lipinski definition) is 0. The Balaban J connectivity index is 2.29. The Morgan fingerprint density at radius 3 is 2.59 bits per heavy atom. The minimum Gasteiger partial charge on any atom is -0.491 e. The highest BCUT2D eigenvalue weighted by atomic mass is 79.9. The monoisotopic (exact) mass is 312 g/mol. The first kappa shape index (κ1) is 14.3. The van der Waals surface area contributed by atoms with E-state index in [9.17, 15) is 13.2 Å². The third kappa shape index (κ3) is 5.93. The second kappa shape index (κ2) is 6.26. The van der Waals surface area contributed by atoms with Gasteiger partial charge in [0, 0.05) is 4.47 Å². The Labute approximate surface area is 106 Å². The van der Waals surface area contributed by atoms with Crippen LogP contribution < -0.4 is 4.74 Å². The lowest BCUT2D eigenvalue weighted by Gasteiger charge is -2.10. The lowest BCUT2D eigenvalue weighted by atomic mass is 10.2. The predicted molar refractivity (Wildman–Crippen MR) is 61.2 cm³/mol. The van der Waals surface area contributed by atoms with Gasteiger partial charge in [-0.3, -0.25) is 0 Å². The Bertz CT molecular complexity index is 366. The predicted octanol–water partition coefficient (Wildman–Crippen LogP) is 3.72. The fraction of sp³-hybridized carbons (Fsp3) is 0.455. The van der Waals surface area contributed by atoms with Gasteiger partial charge in [-0.05, 0) is 24.6 Å². The summed E-state index contributed by atoms with van der Waals surface area (Å²) < 4.78 is 45.8. The van der Waals surface area contributed by atoms with Gasteiger partial charge in [-0.2, -0.15) is 13.2 Å². The van der Waals surface area contributed by atoms with Crippen LogP contribution in [0.25, 0.3) is 0 Å². The maximum Gasteiger partial charge on any atom is 0.411 e. The van der Waals surface area contributed by atoms with Crippen LogP contribution >= 0.6 is 15.9 Å². The van der Waals surface area contributed by atoms with Gasteiger partial charge in [0.25, 0.3) is 0 Å². The molecule has 0 saturated carbocycles. The molecule has 2 nitrogen and oxygen atoms in total. The van der Waals surface area contributed by atoms with Crippen molar-refractivity contribution < 1.29 is 22.6 Å². The standard InChI is InChI=1S/C11H12BrF3O2/c1-8-2-3-9(12)6-10(8)17-5-4-16-7-11(13,14)15/h2-3,6H,4-5,7H2,1H3. The zero-order valence-corrected chi connectivity index (χ0v) is 10.8. The molecule has 96 valence electrons. The molecule has 0 amide bonds. The van der Waals surface area contributed by atoms with Gasteiger partial charge >= 0.3 is 6.18 Å². The molecule has 0 atom stereocenters. The summed E-state index contributed by atoms with van der Waals surface area (Å²) in [4.78, 5) is 0. The second-order valence-corrected chi connectivity index (χ2v) is 4.34. The van der Waals surface area contributed by atoms with Gasteiger partial charge in [-0.1, -0.05) is 22.0 Å². The van der Waals surface area contributed by atoms with E-state index in [1.165, 1.54) is 0 Å². The Hall–Kier alpha value is -0.750. The van der Waals surface area contributed by atoms with Gasteiger partial charge in [0.2, 0.25) is 0 Å². The second-order valence-electron chi connectivity index (χ2n) is 3.43. The van der Waals surface area contributed by atoms with Crippen molar-refractivity contribution in [3.8, 4) is 5.75 Å². The average Bonchev–Trinajstić information content (AvgIpc) is 2.21. The summed E-state index contributed by atoms with van der Waals surface area (Å²) in [6.45, 7) is 0.616. The van der Waals surface area contributed by atoms with Gasteiger partial charge in [0.15, 0.2) is 0 Å². The summed E-state index contributed by atoms with van der Waals surface area (Å²) in [5.41, 5.74) is 0.920. The molecule has 1 rings (SSSR count). The van der Waals surface area contributed by atoms with Crippen molar-refractivity contribution in [2.24, 2.45) is 0 Å². The van der Waals surface area contributed by atoms with Gasteiger partial charge in [-0.15, -0.1) is 0 Å². The molecule has 6 heteroatoms. The number of rotatable bonds is 5. The largest absolute Gasteiger partial charge is 0.491 e. The van der Waals surface area contributed by atoms with Crippen LogP contribution in [-0.4, -0.2) is 26.0 Å². The molecular formula is C11H12BrF3O2. The van der Waals surface area contributed by atoms with Crippen molar-refractivity contribution in [2.45, 2.75) is 13.1 Å². The zero-order valence-electron chi connectivity index (χ0n) is 9.18. The minimum atomic E-state index is -4.29. The summed E-state index contributed by atoms with van der Waals surface area (Å²) in [5, 5.41) is 0. The molecular weight excluding hydrogens is 301 g/mol. The van der Waals surface area contributed by atoms with Crippen molar-refractivity contribution in [1.82, 2.24) is 0 Å². The maximum atomic E-state index is 11.8. The third-order valence-electron chi connectivity index (χ3n) is 1.90. The van der Waals surface area contributed by atoms with E-state index < -0.39 is 12.8 Å². The van der Waals surface area contributed by atoms with E-state index in [4.69, 9.17) is 4.74 Å². The van der Waals surface area contributed by atoms with E-state index in [1.807, 2.05) is 19.1 Å². The molecule has 1 aromatic carbocycles. The van der Waals surface area contributed by atoms with Crippen LogP contribution in [0.4, 0.5) is 13.2 Å². The normalized spacial score (nSPS) is 11.6. The number of ether oxygens (including phenoxy) is 2. The van der Waals surface area contributed by atoms with Crippen LogP contribution in [0.5, 0.6) is 5.75 Å². The van der Waals surface area contributed by atoms with Crippen molar-refractivity contribution in [3.63, 3.8) is 0 Å². The Kier molecular flexibility index (Phi) is 5.27. The number of alkyl halides is 3. The third-order valence-corrected chi connectivity index (χ3v) is 2.39. The number of aryl methyl sites for hydroxylation is 1. The summed E-state index contributed by atoms with van der Waals surface area (Å²) in [7, 11) is 0. The molecule has 0 aliphatic rings. The lowest BCUT2D eigenvalue weighted by Crippen LogP contribution is -2.19. The fourth-order valence-electron chi connectivity index (χ4n) is 1.13. The molecule has 0 N–H and O–H groups in total. The van der Waals surface area contributed by atoms with Gasteiger partial charge in [0.05, 0.1) is 6.61 Å². The Morgan fingerprint density at radius 1 is 1.24 bits per heavy atom. The zero-order chi connectivity index (χ0) is 12.9. The smallest absolute Gasteiger partial charge is 0.411 e. The first-order chi connectivity index (χ1) is 7.88. The van der Waals surface area contributed by atoms with E-state index in [0.29, 0.717) is 5.75 Å². The van der Waals surface area contributed by atoms with E-state index in [2.05, 4.69) is 20.7 Å². The molecule has 0 bridgehead atoms. The van der Waals surface area contributed by atoms with Gasteiger partial charge in [0.1, 0.15) is 19.0 Å². The van der Waals surface area contributed by atoms with Crippen molar-refractivity contribution >= 4 is 15.9 Å². The summed E-state index contributed by atoms with van der Waals surface area (Å²) in [6, 6.07) is 5.48. The molecule has 0 spiro atoms. The van der Waals surface area contributed by atoms with Crippen LogP contribution in [0, 0.1) is 6.92 Å². The molecule has 0 heterocycles. The van der Waals surface area contributed by atoms with Crippen LogP contribution in [0.15, 0.2) is 22.7 Å². The SMILES string of the molecule is Cc1ccc(Br)cc1OCCOCC(F)(F)F. The van der Waals surface area contributed by atoms with E-state index in [0.717, 1.165) is 10.0 Å². The molecule has 0 aliphatic heterocycles. The average molecular weight is 313 g/mol. The molecule has 0 fully saturated rings. The quantitative estimate of drug-likeness (QED) is 0.772. The highest BCUT2D eigenvalue weighted by Gasteiger charge is 2.27. The first-order valence-electron chi connectivity index (χ1n) is 4.92. The number of benzene rings is 1. The number of hydrogen-bond acceptors (Lipinski definition) is 2. The van der Waals surface area contributed by atoms with Crippen LogP contribution in [-0.2, 0) is 4.74 Å². The first-order valence-corrected chi connectivity index (χ1v) is 5.71. The van der Waals surface area contributed by atoms with E-state index >= 15 is 0 Å². The molecule has 17 heavy (non-hydrogen) atoms. The molecule has 0 saturated heterocycles. The molecule has 1 aromatic rings. The molecule has 0 aliphatic carbocycles. The summed E-state index contributed by atoms with van der Waals surface area (Å²) in [5.74, 6) is 0.634. The van der Waals surface area contributed by atoms with Gasteiger partial charge < -0.3 is 9.47 Å². The maximum absolute atomic E-state index is 11.8. The fourth-order valence-corrected chi connectivity index (χ4v) is 1.47. The van der Waals surface area contributed by atoms with E-state index in [1.54, 1.807) is 6.07 Å². The molecule has 0 radical (unpaired) electrons. The summed E-state index contributed by atoms with van der Waals surface area (Å²) in [6.07, 6.45) is -4.29. The van der Waals surface area contributed by atoms with Crippen LogP contribution in [0.1, 0.15) is 5.56 Å². The van der Waals surface area contributed by atoms with Crippen molar-refractivity contribution in [3.05, 3.63) is 28.2 Å². The van der Waals surface area contributed by atoms with Crippen LogP contribution in [0.3, 0.4) is 0 Å². The minimum absolute atomic E-state index is 0.0906. The van der Waals surface area contributed by atoms with Crippen LogP contribution in [0.2, 0.25) is 0 Å². The molecule has 0 unspecified atom stereocenters. The highest BCUT2D eigenvalue weighted by molar-refractivity contribution is 9.10. The Morgan fingerprint density at radius 2 is 1.94 bits per heavy atom. The highest BCUT2D eigenvalue weighted by Crippen LogP contribution is 2.22. The van der Waals surface area contributed by atoms with Crippen molar-refractivity contribution in [2.75, 3.05) is 19.8 Å². The topological polar surface area (TPSA) is 18.5 Å². The molecule has 0 aromatic heterocycles. The van der Waals surface area contributed by atoms with Gasteiger partial charge in [-0.25, -0.2) is 0 Å². The van der Waals surface area contributed by atoms with E-state index in [-0.39, 0.29) is 13.2 Å². The number of halogens is 4. The van der Waals surface area contributed by atoms with Crippen molar-refractivity contribution in [1.29, 1.82) is 0 Å². The lowest BCUT2D eigenvalue weighted by molar-refractivity contribution is -0.175. The summed E-state index contributed by atoms with van der Waals surface area (Å²) >= 11 is 3.29.